The first kappa shape index (κ1) is 14.5. The number of nitrogens with one attached hydrogen (secondary N) is 1. The van der Waals surface area contributed by atoms with Crippen molar-refractivity contribution in [3.05, 3.63) is 23.8 Å². The summed E-state index contributed by atoms with van der Waals surface area (Å²) in [5.74, 6) is -0.152. The fourth-order valence-electron chi connectivity index (χ4n) is 1.79. The van der Waals surface area contributed by atoms with Crippen LogP contribution < -0.4 is 5.32 Å². The van der Waals surface area contributed by atoms with E-state index < -0.39 is 11.0 Å². The van der Waals surface area contributed by atoms with Crippen LogP contribution in [0.3, 0.4) is 0 Å². The van der Waals surface area contributed by atoms with Gasteiger partial charge in [0.1, 0.15) is 0 Å². The van der Waals surface area contributed by atoms with Crippen LogP contribution in [0, 0.1) is 16.7 Å². The molecule has 0 heterocycles. The van der Waals surface area contributed by atoms with E-state index in [2.05, 4.69) is 11.4 Å². The van der Waals surface area contributed by atoms with E-state index in [9.17, 15) is 9.90 Å². The third kappa shape index (κ3) is 3.21. The highest BCUT2D eigenvalue weighted by atomic mass is 16.3. The molecule has 0 aromatic heterocycles. The van der Waals surface area contributed by atoms with Gasteiger partial charge in [0.15, 0.2) is 0 Å². The molecule has 0 aliphatic heterocycles. The number of allylic oxidation sites excluding steroid dienone is 2. The topological polar surface area (TPSA) is 73.1 Å². The van der Waals surface area contributed by atoms with Crippen molar-refractivity contribution in [1.29, 1.82) is 5.26 Å². The minimum atomic E-state index is -1.14. The average Bonchev–Trinajstić information content (AvgIpc) is 3.08. The molecule has 1 aliphatic carbocycles. The molecular weight excluding hydrogens is 228 g/mol. The summed E-state index contributed by atoms with van der Waals surface area (Å²) in [6, 6.07) is 2.18. The molecule has 0 aromatic carbocycles. The molecular formula is C14H20N2O2. The maximum atomic E-state index is 11.3. The molecule has 2 N–H and O–H groups in total. The van der Waals surface area contributed by atoms with Gasteiger partial charge in [0.2, 0.25) is 5.91 Å². The van der Waals surface area contributed by atoms with Crippen LogP contribution >= 0.6 is 0 Å². The van der Waals surface area contributed by atoms with Crippen molar-refractivity contribution < 1.29 is 9.90 Å². The van der Waals surface area contributed by atoms with Gasteiger partial charge in [-0.25, -0.2) is 0 Å². The van der Waals surface area contributed by atoms with Gasteiger partial charge in [0, 0.05) is 12.6 Å². The number of carbonyl (C=O) groups is 1. The molecule has 4 nitrogen and oxygen atoms in total. The summed E-state index contributed by atoms with van der Waals surface area (Å²) >= 11 is 0. The first-order valence-electron chi connectivity index (χ1n) is 6.16. The summed E-state index contributed by atoms with van der Waals surface area (Å²) in [7, 11) is 0. The molecule has 18 heavy (non-hydrogen) atoms. The fourth-order valence-corrected chi connectivity index (χ4v) is 1.79. The number of hydrogen-bond acceptors (Lipinski definition) is 3. The van der Waals surface area contributed by atoms with E-state index in [1.807, 2.05) is 6.92 Å². The molecule has 1 aliphatic rings. The Kier molecular flexibility index (Phi) is 4.31. The highest BCUT2D eigenvalue weighted by molar-refractivity contribution is 5.88. The first-order valence-corrected chi connectivity index (χ1v) is 6.16. The van der Waals surface area contributed by atoms with Crippen molar-refractivity contribution in [3.63, 3.8) is 0 Å². The van der Waals surface area contributed by atoms with Gasteiger partial charge in [-0.1, -0.05) is 12.2 Å². The van der Waals surface area contributed by atoms with Gasteiger partial charge in [0.05, 0.1) is 17.1 Å². The Balaban J connectivity index is 2.70. The maximum Gasteiger partial charge on any atom is 0.244 e. The van der Waals surface area contributed by atoms with Crippen LogP contribution in [0.4, 0.5) is 0 Å². The maximum absolute atomic E-state index is 11.3. The van der Waals surface area contributed by atoms with Crippen LogP contribution in [0.2, 0.25) is 0 Å². The lowest BCUT2D eigenvalue weighted by molar-refractivity contribution is -0.116. The van der Waals surface area contributed by atoms with Gasteiger partial charge in [-0.3, -0.25) is 4.79 Å². The molecule has 0 aromatic rings. The van der Waals surface area contributed by atoms with E-state index in [4.69, 9.17) is 5.26 Å². The van der Waals surface area contributed by atoms with E-state index in [1.165, 1.54) is 6.08 Å². The van der Waals surface area contributed by atoms with Crippen molar-refractivity contribution >= 4 is 5.91 Å². The van der Waals surface area contributed by atoms with Crippen molar-refractivity contribution in [3.8, 4) is 6.07 Å². The lowest BCUT2D eigenvalue weighted by Gasteiger charge is -2.24. The van der Waals surface area contributed by atoms with Crippen LogP contribution in [0.25, 0.3) is 0 Å². The van der Waals surface area contributed by atoms with Gasteiger partial charge >= 0.3 is 0 Å². The molecule has 1 atom stereocenters. The predicted octanol–water partition coefficient (Wildman–Crippen LogP) is 1.68. The number of hydrogen-bond donors (Lipinski definition) is 2. The van der Waals surface area contributed by atoms with Crippen LogP contribution in [0.1, 0.15) is 33.6 Å². The van der Waals surface area contributed by atoms with Crippen molar-refractivity contribution in [2.45, 2.75) is 39.2 Å². The van der Waals surface area contributed by atoms with Crippen molar-refractivity contribution in [2.75, 3.05) is 6.54 Å². The molecule has 98 valence electrons. The zero-order valence-corrected chi connectivity index (χ0v) is 11.2. The Bertz CT molecular complexity index is 424. The van der Waals surface area contributed by atoms with Crippen molar-refractivity contribution in [1.82, 2.24) is 5.32 Å². The zero-order chi connectivity index (χ0) is 13.8. The quantitative estimate of drug-likeness (QED) is 0.574. The lowest BCUT2D eigenvalue weighted by atomic mass is 9.86. The Morgan fingerprint density at radius 2 is 2.22 bits per heavy atom. The standard InChI is InChI=1S/C14H20N2O2/c1-4-16-12(17)9-11(2)5-6-13(3,18)14(10-15)7-8-14/h5-6,9,18H,4,7-8H2,1-3H3,(H,16,17)/b6-5+,11-9-/t13-/m1/s1. The Morgan fingerprint density at radius 3 is 2.67 bits per heavy atom. The number of likely N-dealkylation sites (N-methyl/N-ethyl adjacent to an activating group) is 1. The molecule has 1 fully saturated rings. The van der Waals surface area contributed by atoms with E-state index in [0.717, 1.165) is 18.4 Å². The van der Waals surface area contributed by atoms with Crippen LogP contribution in [-0.4, -0.2) is 23.2 Å². The summed E-state index contributed by atoms with van der Waals surface area (Å²) in [5, 5.41) is 22.0. The summed E-state index contributed by atoms with van der Waals surface area (Å²) in [4.78, 5) is 11.3. The summed E-state index contributed by atoms with van der Waals surface area (Å²) in [6.07, 6.45) is 6.21. The molecule has 0 saturated heterocycles. The molecule has 1 saturated carbocycles. The Morgan fingerprint density at radius 1 is 1.61 bits per heavy atom. The SMILES string of the molecule is CCNC(=O)/C=C(C)\C=C\[C@@](C)(O)C1(C#N)CC1. The van der Waals surface area contributed by atoms with Gasteiger partial charge in [-0.05, 0) is 39.2 Å². The normalized spacial score (nSPS) is 21.2. The van der Waals surface area contributed by atoms with Crippen LogP contribution in [0.15, 0.2) is 23.8 Å². The van der Waals surface area contributed by atoms with E-state index in [0.29, 0.717) is 6.54 Å². The summed E-state index contributed by atoms with van der Waals surface area (Å²) < 4.78 is 0. The highest BCUT2D eigenvalue weighted by Crippen LogP contribution is 2.54. The second-order valence-corrected chi connectivity index (χ2v) is 4.96. The molecule has 4 heteroatoms. The smallest absolute Gasteiger partial charge is 0.244 e. The van der Waals surface area contributed by atoms with Crippen LogP contribution in [0.5, 0.6) is 0 Å². The van der Waals surface area contributed by atoms with Crippen LogP contribution in [-0.2, 0) is 4.79 Å². The minimum Gasteiger partial charge on any atom is -0.384 e. The zero-order valence-electron chi connectivity index (χ0n) is 11.2. The minimum absolute atomic E-state index is 0.152. The number of nitrogens with zero attached hydrogens (tertiary/aromatic N) is 1. The third-order valence-corrected chi connectivity index (χ3v) is 3.31. The lowest BCUT2D eigenvalue weighted by Crippen LogP contribution is -2.32. The third-order valence-electron chi connectivity index (χ3n) is 3.31. The van der Waals surface area contributed by atoms with Gasteiger partial charge in [0.25, 0.3) is 0 Å². The average molecular weight is 248 g/mol. The van der Waals surface area contributed by atoms with E-state index in [1.54, 1.807) is 26.0 Å². The molecule has 0 unspecified atom stereocenters. The first-order chi connectivity index (χ1) is 8.37. The summed E-state index contributed by atoms with van der Waals surface area (Å²) in [6.45, 7) is 5.86. The van der Waals surface area contributed by atoms with Gasteiger partial charge in [-0.2, -0.15) is 5.26 Å². The molecule has 1 amide bonds. The van der Waals surface area contributed by atoms with Gasteiger partial charge < -0.3 is 10.4 Å². The van der Waals surface area contributed by atoms with E-state index in [-0.39, 0.29) is 5.91 Å². The predicted molar refractivity (Wildman–Crippen MR) is 69.5 cm³/mol. The second-order valence-electron chi connectivity index (χ2n) is 4.96. The Hall–Kier alpha value is -1.60. The molecule has 0 bridgehead atoms. The molecule has 0 radical (unpaired) electrons. The number of aliphatic hydroxyl groups is 1. The fraction of sp³-hybridized carbons (Fsp3) is 0.571. The number of nitriles is 1. The number of carbonyl (C=O) groups excluding carboxylic acids is 1. The van der Waals surface area contributed by atoms with Gasteiger partial charge in [-0.15, -0.1) is 0 Å². The summed E-state index contributed by atoms with van der Waals surface area (Å²) in [5.41, 5.74) is -1.04. The number of amides is 1. The molecule has 0 spiro atoms. The van der Waals surface area contributed by atoms with E-state index >= 15 is 0 Å². The number of rotatable bonds is 5. The Labute approximate surface area is 108 Å². The second kappa shape index (κ2) is 5.36. The highest BCUT2D eigenvalue weighted by Gasteiger charge is 2.55. The monoisotopic (exact) mass is 248 g/mol. The van der Waals surface area contributed by atoms with Crippen molar-refractivity contribution in [2.24, 2.45) is 5.41 Å². The molecule has 1 rings (SSSR count). The largest absolute Gasteiger partial charge is 0.384 e.